The predicted octanol–water partition coefficient (Wildman–Crippen LogP) is 3.95. The Morgan fingerprint density at radius 3 is 2.92 bits per heavy atom. The lowest BCUT2D eigenvalue weighted by atomic mass is 9.95. The number of benzene rings is 1. The molecule has 3 rings (SSSR count). The van der Waals surface area contributed by atoms with Crippen LogP contribution in [0.2, 0.25) is 5.02 Å². The third-order valence-electron chi connectivity index (χ3n) is 4.81. The highest BCUT2D eigenvalue weighted by Crippen LogP contribution is 2.37. The van der Waals surface area contributed by atoms with E-state index in [4.69, 9.17) is 16.3 Å². The first kappa shape index (κ1) is 18.3. The van der Waals surface area contributed by atoms with E-state index in [0.29, 0.717) is 28.9 Å². The standard InChI is InChI=1S/C18H21BrClN3O2/c1-10(2)8-25-17-6-12(14(20)7-13(17)19)18(24)22-15-5-11-3-4-16(15)23(11)9-21/h6-7,10-11,15-16H,3-5,8H2,1-2H3,(H,22,24)/t11-,15+,16+/m0/s1. The van der Waals surface area contributed by atoms with Gasteiger partial charge in [0.1, 0.15) is 5.75 Å². The quantitative estimate of drug-likeness (QED) is 0.724. The van der Waals surface area contributed by atoms with E-state index in [9.17, 15) is 10.1 Å². The van der Waals surface area contributed by atoms with Crippen LogP contribution in [0.4, 0.5) is 0 Å². The summed E-state index contributed by atoms with van der Waals surface area (Å²) >= 11 is 9.70. The number of hydrogen-bond acceptors (Lipinski definition) is 4. The molecule has 7 heteroatoms. The SMILES string of the molecule is CC(C)COc1cc(C(=O)N[C@@H]2C[C@@H]3CC[C@H]2N3C#N)c(Cl)cc1Br. The Balaban J connectivity index is 1.74. The number of carbonyl (C=O) groups is 1. The molecular weight excluding hydrogens is 406 g/mol. The van der Waals surface area contributed by atoms with Crippen molar-refractivity contribution in [2.24, 2.45) is 5.92 Å². The van der Waals surface area contributed by atoms with Crippen LogP contribution < -0.4 is 10.1 Å². The molecule has 0 radical (unpaired) electrons. The van der Waals surface area contributed by atoms with Crippen LogP contribution in [0.1, 0.15) is 43.5 Å². The molecule has 0 unspecified atom stereocenters. The molecule has 1 N–H and O–H groups in total. The molecule has 134 valence electrons. The van der Waals surface area contributed by atoms with Crippen LogP contribution in [-0.4, -0.2) is 35.5 Å². The zero-order chi connectivity index (χ0) is 18.1. The third-order valence-corrected chi connectivity index (χ3v) is 5.74. The molecular formula is C18H21BrClN3O2. The second-order valence-corrected chi connectivity index (χ2v) is 8.35. The van der Waals surface area contributed by atoms with Crippen molar-refractivity contribution < 1.29 is 9.53 Å². The van der Waals surface area contributed by atoms with E-state index in [1.807, 2.05) is 4.90 Å². The van der Waals surface area contributed by atoms with Crippen molar-refractivity contribution >= 4 is 33.4 Å². The molecule has 25 heavy (non-hydrogen) atoms. The van der Waals surface area contributed by atoms with Crippen LogP contribution >= 0.6 is 27.5 Å². The van der Waals surface area contributed by atoms with Crippen LogP contribution in [0.25, 0.3) is 0 Å². The Kier molecular flexibility index (Phi) is 5.45. The number of ether oxygens (including phenoxy) is 1. The molecule has 2 fully saturated rings. The summed E-state index contributed by atoms with van der Waals surface area (Å²) in [5.74, 6) is 0.767. The van der Waals surface area contributed by atoms with Gasteiger partial charge in [0.25, 0.3) is 5.91 Å². The fourth-order valence-electron chi connectivity index (χ4n) is 3.62. The summed E-state index contributed by atoms with van der Waals surface area (Å²) < 4.78 is 6.49. The Bertz CT molecular complexity index is 719. The van der Waals surface area contributed by atoms with E-state index >= 15 is 0 Å². The average Bonchev–Trinajstić information content (AvgIpc) is 3.10. The fourth-order valence-corrected chi connectivity index (χ4v) is 4.46. The second-order valence-electron chi connectivity index (χ2n) is 7.09. The lowest BCUT2D eigenvalue weighted by Gasteiger charge is -2.22. The maximum atomic E-state index is 12.7. The molecule has 0 aliphatic carbocycles. The Morgan fingerprint density at radius 2 is 2.28 bits per heavy atom. The average molecular weight is 427 g/mol. The summed E-state index contributed by atoms with van der Waals surface area (Å²) in [6.45, 7) is 4.69. The number of nitrogens with zero attached hydrogens (tertiary/aromatic N) is 2. The number of hydrogen-bond donors (Lipinski definition) is 1. The highest BCUT2D eigenvalue weighted by molar-refractivity contribution is 9.10. The van der Waals surface area contributed by atoms with Crippen molar-refractivity contribution in [2.75, 3.05) is 6.61 Å². The van der Waals surface area contributed by atoms with Gasteiger partial charge in [-0.1, -0.05) is 25.4 Å². The predicted molar refractivity (Wildman–Crippen MR) is 99.6 cm³/mol. The second kappa shape index (κ2) is 7.43. The summed E-state index contributed by atoms with van der Waals surface area (Å²) in [6.07, 6.45) is 5.04. The van der Waals surface area contributed by atoms with E-state index in [0.717, 1.165) is 23.7 Å². The number of nitrogens with one attached hydrogen (secondary N) is 1. The van der Waals surface area contributed by atoms with Crippen molar-refractivity contribution in [2.45, 2.75) is 51.2 Å². The zero-order valence-electron chi connectivity index (χ0n) is 14.3. The maximum absolute atomic E-state index is 12.7. The number of halogens is 2. The van der Waals surface area contributed by atoms with Crippen LogP contribution in [0, 0.1) is 17.4 Å². The topological polar surface area (TPSA) is 65.4 Å². The largest absolute Gasteiger partial charge is 0.492 e. The Hall–Kier alpha value is -1.45. The molecule has 2 aliphatic heterocycles. The van der Waals surface area contributed by atoms with Gasteiger partial charge in [-0.3, -0.25) is 4.79 Å². The number of carbonyl (C=O) groups excluding carboxylic acids is 1. The van der Waals surface area contributed by atoms with Gasteiger partial charge < -0.3 is 15.0 Å². The summed E-state index contributed by atoms with van der Waals surface area (Å²) in [7, 11) is 0. The van der Waals surface area contributed by atoms with Gasteiger partial charge >= 0.3 is 0 Å². The van der Waals surface area contributed by atoms with Crippen molar-refractivity contribution in [3.63, 3.8) is 0 Å². The van der Waals surface area contributed by atoms with Gasteiger partial charge in [-0.05, 0) is 53.2 Å². The molecule has 1 amide bonds. The molecule has 2 heterocycles. The van der Waals surface area contributed by atoms with E-state index in [2.05, 4.69) is 41.3 Å². The molecule has 0 saturated carbocycles. The lowest BCUT2D eigenvalue weighted by Crippen LogP contribution is -2.43. The minimum absolute atomic E-state index is 0.00866. The molecule has 1 aromatic rings. The summed E-state index contributed by atoms with van der Waals surface area (Å²) in [5, 5.41) is 12.7. The first-order valence-corrected chi connectivity index (χ1v) is 9.68. The van der Waals surface area contributed by atoms with E-state index in [1.54, 1.807) is 12.1 Å². The monoisotopic (exact) mass is 425 g/mol. The molecule has 5 nitrogen and oxygen atoms in total. The normalized spacial score (nSPS) is 24.5. The first-order chi connectivity index (χ1) is 11.9. The highest BCUT2D eigenvalue weighted by Gasteiger charge is 2.46. The number of rotatable bonds is 5. The van der Waals surface area contributed by atoms with Crippen LogP contribution in [-0.2, 0) is 0 Å². The zero-order valence-corrected chi connectivity index (χ0v) is 16.6. The lowest BCUT2D eigenvalue weighted by molar-refractivity contribution is 0.0928. The maximum Gasteiger partial charge on any atom is 0.253 e. The third kappa shape index (κ3) is 3.73. The molecule has 3 atom stereocenters. The van der Waals surface area contributed by atoms with Gasteiger partial charge in [-0.2, -0.15) is 5.26 Å². The molecule has 2 saturated heterocycles. The molecule has 0 spiro atoms. The van der Waals surface area contributed by atoms with Crippen LogP contribution in [0.5, 0.6) is 5.75 Å². The van der Waals surface area contributed by atoms with Gasteiger partial charge in [0.15, 0.2) is 6.19 Å². The highest BCUT2D eigenvalue weighted by atomic mass is 79.9. The molecule has 1 aromatic carbocycles. The smallest absolute Gasteiger partial charge is 0.253 e. The van der Waals surface area contributed by atoms with Crippen LogP contribution in [0.15, 0.2) is 16.6 Å². The minimum Gasteiger partial charge on any atom is -0.492 e. The van der Waals surface area contributed by atoms with E-state index in [1.165, 1.54) is 0 Å². The van der Waals surface area contributed by atoms with Gasteiger partial charge in [-0.25, -0.2) is 0 Å². The number of amides is 1. The summed E-state index contributed by atoms with van der Waals surface area (Å²) in [5.41, 5.74) is 0.398. The molecule has 2 aliphatic rings. The van der Waals surface area contributed by atoms with Gasteiger partial charge in [0, 0.05) is 6.04 Å². The number of fused-ring (bicyclic) bond motifs is 2. The van der Waals surface area contributed by atoms with E-state index in [-0.39, 0.29) is 24.0 Å². The van der Waals surface area contributed by atoms with Crippen molar-refractivity contribution in [3.05, 3.63) is 27.2 Å². The molecule has 0 aromatic heterocycles. The van der Waals surface area contributed by atoms with E-state index < -0.39 is 0 Å². The van der Waals surface area contributed by atoms with Gasteiger partial charge in [0.05, 0.1) is 33.7 Å². The Morgan fingerprint density at radius 1 is 1.52 bits per heavy atom. The minimum atomic E-state index is -0.220. The summed E-state index contributed by atoms with van der Waals surface area (Å²) in [6, 6.07) is 3.72. The van der Waals surface area contributed by atoms with Crippen molar-refractivity contribution in [1.82, 2.24) is 10.2 Å². The number of nitriles is 1. The van der Waals surface area contributed by atoms with Crippen molar-refractivity contribution in [3.8, 4) is 11.9 Å². The first-order valence-electron chi connectivity index (χ1n) is 8.51. The van der Waals surface area contributed by atoms with Gasteiger partial charge in [0.2, 0.25) is 0 Å². The Labute approximate surface area is 161 Å². The van der Waals surface area contributed by atoms with Crippen molar-refractivity contribution in [1.29, 1.82) is 5.26 Å². The summed E-state index contributed by atoms with van der Waals surface area (Å²) in [4.78, 5) is 14.6. The van der Waals surface area contributed by atoms with Crippen LogP contribution in [0.3, 0.4) is 0 Å². The fraction of sp³-hybridized carbons (Fsp3) is 0.556. The molecule has 2 bridgehead atoms. The van der Waals surface area contributed by atoms with Gasteiger partial charge in [-0.15, -0.1) is 0 Å².